The molecule has 0 bridgehead atoms. The number of esters is 1. The van der Waals surface area contributed by atoms with E-state index >= 15 is 0 Å². The van der Waals surface area contributed by atoms with E-state index in [1.807, 2.05) is 43.3 Å². The number of hydrogen-bond donors (Lipinski definition) is 1. The second kappa shape index (κ2) is 11.1. The van der Waals surface area contributed by atoms with Gasteiger partial charge in [-0.1, -0.05) is 53.6 Å². The van der Waals surface area contributed by atoms with Crippen molar-refractivity contribution < 1.29 is 18.7 Å². The molecule has 36 heavy (non-hydrogen) atoms. The van der Waals surface area contributed by atoms with Gasteiger partial charge >= 0.3 is 5.97 Å². The zero-order chi connectivity index (χ0) is 25.7. The van der Waals surface area contributed by atoms with Gasteiger partial charge in [0.15, 0.2) is 0 Å². The number of furan rings is 1. The normalized spacial score (nSPS) is 11.1. The summed E-state index contributed by atoms with van der Waals surface area (Å²) in [5.41, 5.74) is 3.39. The van der Waals surface area contributed by atoms with E-state index in [0.29, 0.717) is 27.1 Å². The molecule has 4 aromatic rings. The third-order valence-corrected chi connectivity index (χ3v) is 6.38. The number of ether oxygens (including phenoxy) is 1. The molecule has 0 saturated carbocycles. The monoisotopic (exact) mass is 516 g/mol. The molecule has 0 fully saturated rings. The van der Waals surface area contributed by atoms with E-state index in [1.165, 1.54) is 17.4 Å². The number of anilines is 1. The second-order valence-corrected chi connectivity index (χ2v) is 9.09. The van der Waals surface area contributed by atoms with Crippen LogP contribution in [0.25, 0.3) is 28.5 Å². The van der Waals surface area contributed by atoms with E-state index in [4.69, 9.17) is 20.8 Å². The summed E-state index contributed by atoms with van der Waals surface area (Å²) in [5, 5.41) is 15.0. The van der Waals surface area contributed by atoms with Gasteiger partial charge in [-0.2, -0.15) is 5.26 Å². The smallest absolute Gasteiger partial charge is 0.341 e. The van der Waals surface area contributed by atoms with Crippen molar-refractivity contribution in [1.29, 1.82) is 5.26 Å². The zero-order valence-corrected chi connectivity index (χ0v) is 21.1. The fraction of sp³-hybridized carbons (Fsp3) is 0.107. The lowest BCUT2D eigenvalue weighted by Crippen LogP contribution is -2.16. The van der Waals surface area contributed by atoms with Crippen molar-refractivity contribution in [3.05, 3.63) is 93.5 Å². The molecule has 2 heterocycles. The average Bonchev–Trinajstić information content (AvgIpc) is 3.50. The molecular formula is C28H21ClN2O4S. The molecule has 4 rings (SSSR count). The number of carbonyl (C=O) groups excluding carboxylic acids is 2. The van der Waals surface area contributed by atoms with Crippen LogP contribution < -0.4 is 5.32 Å². The van der Waals surface area contributed by atoms with Gasteiger partial charge in [-0.15, -0.1) is 11.3 Å². The highest BCUT2D eigenvalue weighted by atomic mass is 35.5. The van der Waals surface area contributed by atoms with Gasteiger partial charge < -0.3 is 14.5 Å². The van der Waals surface area contributed by atoms with Crippen molar-refractivity contribution in [3.63, 3.8) is 0 Å². The Hall–Kier alpha value is -4.12. The minimum Gasteiger partial charge on any atom is -0.462 e. The molecule has 0 spiro atoms. The molecule has 0 unspecified atom stereocenters. The first-order chi connectivity index (χ1) is 17.4. The van der Waals surface area contributed by atoms with E-state index in [9.17, 15) is 14.9 Å². The van der Waals surface area contributed by atoms with E-state index in [0.717, 1.165) is 16.7 Å². The number of thiophene rings is 1. The van der Waals surface area contributed by atoms with Gasteiger partial charge in [-0.3, -0.25) is 4.79 Å². The predicted molar refractivity (Wildman–Crippen MR) is 142 cm³/mol. The highest BCUT2D eigenvalue weighted by molar-refractivity contribution is 7.15. The summed E-state index contributed by atoms with van der Waals surface area (Å²) >= 11 is 7.24. The number of aryl methyl sites for hydroxylation is 1. The van der Waals surface area contributed by atoms with Crippen LogP contribution in [0.4, 0.5) is 5.00 Å². The maximum absolute atomic E-state index is 13.0. The molecule has 6 nitrogen and oxygen atoms in total. The Morgan fingerprint density at radius 3 is 2.61 bits per heavy atom. The lowest BCUT2D eigenvalue weighted by atomic mass is 10.0. The first kappa shape index (κ1) is 25.0. The topological polar surface area (TPSA) is 92.3 Å². The van der Waals surface area contributed by atoms with E-state index < -0.39 is 11.9 Å². The number of rotatable bonds is 7. The number of nitrogens with zero attached hydrogens (tertiary/aromatic N) is 1. The van der Waals surface area contributed by atoms with Crippen LogP contribution in [0.1, 0.15) is 28.6 Å². The van der Waals surface area contributed by atoms with Crippen molar-refractivity contribution >= 4 is 45.9 Å². The van der Waals surface area contributed by atoms with Crippen LogP contribution >= 0.6 is 22.9 Å². The number of nitriles is 1. The molecule has 2 aromatic carbocycles. The SMILES string of the molecule is CCOC(=O)c1c(-c2ccc(C)cc2)csc1NC(=O)/C(C#N)=C/c1ccc(-c2cccc(Cl)c2)o1. The first-order valence-electron chi connectivity index (χ1n) is 11.0. The minimum absolute atomic E-state index is 0.179. The summed E-state index contributed by atoms with van der Waals surface area (Å²) in [4.78, 5) is 25.8. The number of amides is 1. The molecule has 0 radical (unpaired) electrons. The summed E-state index contributed by atoms with van der Waals surface area (Å²) in [5.74, 6) is -0.341. The number of carbonyl (C=O) groups is 2. The Morgan fingerprint density at radius 1 is 1.14 bits per heavy atom. The molecule has 0 saturated heterocycles. The molecule has 0 atom stereocenters. The highest BCUT2D eigenvalue weighted by Gasteiger charge is 2.24. The maximum atomic E-state index is 13.0. The Morgan fingerprint density at radius 2 is 1.92 bits per heavy atom. The quantitative estimate of drug-likeness (QED) is 0.157. The summed E-state index contributed by atoms with van der Waals surface area (Å²) in [6.45, 7) is 3.87. The van der Waals surface area contributed by atoms with Gasteiger partial charge in [0.05, 0.1) is 6.61 Å². The summed E-state index contributed by atoms with van der Waals surface area (Å²) < 4.78 is 11.0. The Balaban J connectivity index is 1.62. The largest absolute Gasteiger partial charge is 0.462 e. The number of nitrogens with one attached hydrogen (secondary N) is 1. The number of halogens is 1. The minimum atomic E-state index is -0.666. The van der Waals surface area contributed by atoms with E-state index in [1.54, 1.807) is 42.6 Å². The Kier molecular flexibility index (Phi) is 7.69. The van der Waals surface area contributed by atoms with E-state index in [2.05, 4.69) is 5.32 Å². The lowest BCUT2D eigenvalue weighted by Gasteiger charge is -2.09. The molecule has 1 amide bonds. The fourth-order valence-electron chi connectivity index (χ4n) is 3.49. The van der Waals surface area contributed by atoms with Crippen molar-refractivity contribution in [2.24, 2.45) is 0 Å². The van der Waals surface area contributed by atoms with Crippen LogP contribution in [0.2, 0.25) is 5.02 Å². The standard InChI is InChI=1S/C28H21ClN2O4S/c1-3-34-28(33)25-23(18-9-7-17(2)8-10-18)16-36-27(25)31-26(32)20(15-30)14-22-11-12-24(35-22)19-5-4-6-21(29)13-19/h4-14,16H,3H2,1-2H3,(H,31,32)/b20-14+. The van der Waals surface area contributed by atoms with Crippen LogP contribution in [0.15, 0.2) is 76.0 Å². The third-order valence-electron chi connectivity index (χ3n) is 5.25. The van der Waals surface area contributed by atoms with Crippen LogP contribution in [-0.4, -0.2) is 18.5 Å². The predicted octanol–water partition coefficient (Wildman–Crippen LogP) is 7.36. The lowest BCUT2D eigenvalue weighted by molar-refractivity contribution is -0.112. The van der Waals surface area contributed by atoms with Crippen molar-refractivity contribution in [2.75, 3.05) is 11.9 Å². The first-order valence-corrected chi connectivity index (χ1v) is 12.3. The van der Waals surface area contributed by atoms with Crippen LogP contribution in [-0.2, 0) is 9.53 Å². The van der Waals surface area contributed by atoms with E-state index in [-0.39, 0.29) is 17.7 Å². The average molecular weight is 517 g/mol. The third kappa shape index (κ3) is 5.57. The molecule has 0 aliphatic rings. The molecule has 0 aliphatic carbocycles. The number of benzene rings is 2. The van der Waals surface area contributed by atoms with Gasteiger partial charge in [0.1, 0.15) is 33.7 Å². The maximum Gasteiger partial charge on any atom is 0.341 e. The summed E-state index contributed by atoms with van der Waals surface area (Å²) in [6.07, 6.45) is 1.35. The molecule has 180 valence electrons. The second-order valence-electron chi connectivity index (χ2n) is 7.78. The number of hydrogen-bond acceptors (Lipinski definition) is 6. The zero-order valence-electron chi connectivity index (χ0n) is 19.5. The molecule has 8 heteroatoms. The molecule has 0 aliphatic heterocycles. The van der Waals surface area contributed by atoms with Gasteiger partial charge in [0.2, 0.25) is 0 Å². The van der Waals surface area contributed by atoms with Gasteiger partial charge in [0, 0.05) is 27.6 Å². The Bertz CT molecular complexity index is 1490. The van der Waals surface area contributed by atoms with Crippen molar-refractivity contribution in [3.8, 4) is 28.5 Å². The summed E-state index contributed by atoms with van der Waals surface area (Å²) in [6, 6.07) is 20.1. The van der Waals surface area contributed by atoms with Gasteiger partial charge in [-0.25, -0.2) is 4.79 Å². The van der Waals surface area contributed by atoms with Crippen LogP contribution in [0.3, 0.4) is 0 Å². The summed E-state index contributed by atoms with van der Waals surface area (Å²) in [7, 11) is 0. The Labute approximate surface area is 217 Å². The van der Waals surface area contributed by atoms with Gasteiger partial charge in [-0.05, 0) is 43.7 Å². The van der Waals surface area contributed by atoms with Crippen LogP contribution in [0.5, 0.6) is 0 Å². The molecule has 2 aromatic heterocycles. The molecular weight excluding hydrogens is 496 g/mol. The van der Waals surface area contributed by atoms with Crippen molar-refractivity contribution in [2.45, 2.75) is 13.8 Å². The highest BCUT2D eigenvalue weighted by Crippen LogP contribution is 2.36. The molecule has 1 N–H and O–H groups in total. The van der Waals surface area contributed by atoms with Crippen molar-refractivity contribution in [1.82, 2.24) is 0 Å². The fourth-order valence-corrected chi connectivity index (χ4v) is 4.63. The van der Waals surface area contributed by atoms with Crippen LogP contribution in [0, 0.1) is 18.3 Å². The van der Waals surface area contributed by atoms with Gasteiger partial charge in [0.25, 0.3) is 5.91 Å².